The maximum absolute atomic E-state index is 12.3. The third-order valence-corrected chi connectivity index (χ3v) is 6.62. The molecule has 0 aromatic heterocycles. The first-order chi connectivity index (χ1) is 16.7. The zero-order chi connectivity index (χ0) is 26.0. The Labute approximate surface area is 210 Å². The van der Waals surface area contributed by atoms with Gasteiger partial charge in [-0.25, -0.2) is 0 Å². The molecule has 0 aliphatic heterocycles. The number of hydrogen-bond acceptors (Lipinski definition) is 6. The van der Waals surface area contributed by atoms with Gasteiger partial charge < -0.3 is 29.2 Å². The third kappa shape index (κ3) is 7.28. The SMILES string of the molecule is COc1ccc(CCN(C)CCCC(NC(C)=O)(c2ccc(OC)c(OC)c2)C(C)C)cc1OC. The highest BCUT2D eigenvalue weighted by atomic mass is 16.5. The van der Waals surface area contributed by atoms with Gasteiger partial charge in [0.2, 0.25) is 5.91 Å². The van der Waals surface area contributed by atoms with Crippen LogP contribution in [-0.4, -0.2) is 59.4 Å². The summed E-state index contributed by atoms with van der Waals surface area (Å²) in [6.45, 7) is 7.70. The van der Waals surface area contributed by atoms with Gasteiger partial charge in [-0.15, -0.1) is 0 Å². The Morgan fingerprint density at radius 1 is 0.886 bits per heavy atom. The highest BCUT2D eigenvalue weighted by Crippen LogP contribution is 2.39. The highest BCUT2D eigenvalue weighted by molar-refractivity contribution is 5.74. The van der Waals surface area contributed by atoms with Crippen LogP contribution in [0.1, 0.15) is 44.7 Å². The van der Waals surface area contributed by atoms with Crippen LogP contribution in [0, 0.1) is 5.92 Å². The second-order valence-corrected chi connectivity index (χ2v) is 9.22. The topological polar surface area (TPSA) is 69.3 Å². The van der Waals surface area contributed by atoms with Gasteiger partial charge in [0.25, 0.3) is 0 Å². The number of likely N-dealkylation sites (N-methyl/N-ethyl adjacent to an activating group) is 1. The molecule has 7 heteroatoms. The lowest BCUT2D eigenvalue weighted by molar-refractivity contribution is -0.121. The molecule has 35 heavy (non-hydrogen) atoms. The van der Waals surface area contributed by atoms with E-state index in [1.54, 1.807) is 35.4 Å². The minimum atomic E-state index is -0.504. The first kappa shape index (κ1) is 28.3. The molecule has 0 aliphatic rings. The van der Waals surface area contributed by atoms with Crippen molar-refractivity contribution in [1.29, 1.82) is 0 Å². The van der Waals surface area contributed by atoms with E-state index in [4.69, 9.17) is 18.9 Å². The van der Waals surface area contributed by atoms with E-state index in [2.05, 4.69) is 37.2 Å². The van der Waals surface area contributed by atoms with Gasteiger partial charge in [0.15, 0.2) is 23.0 Å². The van der Waals surface area contributed by atoms with Crippen LogP contribution in [0.5, 0.6) is 23.0 Å². The van der Waals surface area contributed by atoms with Crippen LogP contribution in [0.2, 0.25) is 0 Å². The van der Waals surface area contributed by atoms with Crippen LogP contribution in [0.4, 0.5) is 0 Å². The predicted octanol–water partition coefficient (Wildman–Crippen LogP) is 4.66. The predicted molar refractivity (Wildman–Crippen MR) is 140 cm³/mol. The van der Waals surface area contributed by atoms with Gasteiger partial charge in [0.1, 0.15) is 0 Å². The lowest BCUT2D eigenvalue weighted by Crippen LogP contribution is -2.49. The maximum atomic E-state index is 12.3. The normalized spacial score (nSPS) is 12.9. The lowest BCUT2D eigenvalue weighted by Gasteiger charge is -2.40. The number of carbonyl (C=O) groups excluding carboxylic acids is 1. The smallest absolute Gasteiger partial charge is 0.217 e. The molecule has 7 nitrogen and oxygen atoms in total. The van der Waals surface area contributed by atoms with Gasteiger partial charge in [0, 0.05) is 13.5 Å². The van der Waals surface area contributed by atoms with Gasteiger partial charge in [-0.1, -0.05) is 26.0 Å². The summed E-state index contributed by atoms with van der Waals surface area (Å²) in [6.07, 6.45) is 2.64. The summed E-state index contributed by atoms with van der Waals surface area (Å²) in [7, 11) is 8.68. The van der Waals surface area contributed by atoms with Gasteiger partial charge in [0.05, 0.1) is 34.0 Å². The van der Waals surface area contributed by atoms with Gasteiger partial charge in [-0.3, -0.25) is 4.79 Å². The summed E-state index contributed by atoms with van der Waals surface area (Å²) in [5.41, 5.74) is 1.72. The summed E-state index contributed by atoms with van der Waals surface area (Å²) < 4.78 is 21.7. The first-order valence-corrected chi connectivity index (χ1v) is 12.1. The van der Waals surface area contributed by atoms with E-state index in [1.807, 2.05) is 30.3 Å². The second-order valence-electron chi connectivity index (χ2n) is 9.22. The fraction of sp³-hybridized carbons (Fsp3) is 0.536. The van der Waals surface area contributed by atoms with Crippen LogP contribution in [0.15, 0.2) is 36.4 Å². The molecule has 0 heterocycles. The fourth-order valence-electron chi connectivity index (χ4n) is 4.57. The monoisotopic (exact) mass is 486 g/mol. The molecular formula is C28H42N2O5. The minimum Gasteiger partial charge on any atom is -0.493 e. The van der Waals surface area contributed by atoms with Crippen LogP contribution in [0.3, 0.4) is 0 Å². The Balaban J connectivity index is 2.10. The standard InChI is InChI=1S/C28H42N2O5/c1-20(2)28(29-21(3)31,23-11-13-25(33-6)27(19-23)35-8)15-9-16-30(4)17-14-22-10-12-24(32-5)26(18-22)34-7/h10-13,18-20H,9,14-17H2,1-8H3,(H,29,31). The van der Waals surface area contributed by atoms with E-state index in [9.17, 15) is 4.79 Å². The average molecular weight is 487 g/mol. The Morgan fingerprint density at radius 2 is 1.46 bits per heavy atom. The zero-order valence-corrected chi connectivity index (χ0v) is 22.6. The molecule has 1 atom stereocenters. The van der Waals surface area contributed by atoms with Crippen molar-refractivity contribution in [2.24, 2.45) is 5.92 Å². The molecule has 0 fully saturated rings. The molecule has 1 unspecified atom stereocenters. The molecule has 194 valence electrons. The molecule has 2 aromatic carbocycles. The van der Waals surface area contributed by atoms with Crippen molar-refractivity contribution < 1.29 is 23.7 Å². The van der Waals surface area contributed by atoms with Crippen LogP contribution in [0.25, 0.3) is 0 Å². The second kappa shape index (κ2) is 13.2. The van der Waals surface area contributed by atoms with Crippen molar-refractivity contribution >= 4 is 5.91 Å². The third-order valence-electron chi connectivity index (χ3n) is 6.62. The molecule has 0 bridgehead atoms. The van der Waals surface area contributed by atoms with E-state index in [-0.39, 0.29) is 11.8 Å². The molecule has 1 N–H and O–H groups in total. The molecule has 0 saturated carbocycles. The Kier molecular flexibility index (Phi) is 10.7. The number of methoxy groups -OCH3 is 4. The molecule has 2 aromatic rings. The van der Waals surface area contributed by atoms with Crippen LogP contribution >= 0.6 is 0 Å². The number of amides is 1. The molecular weight excluding hydrogens is 444 g/mol. The number of rotatable bonds is 14. The summed E-state index contributed by atoms with van der Waals surface area (Å²) in [4.78, 5) is 14.6. The van der Waals surface area contributed by atoms with Crippen molar-refractivity contribution in [3.63, 3.8) is 0 Å². The summed E-state index contributed by atoms with van der Waals surface area (Å²) in [6, 6.07) is 12.0. The van der Waals surface area contributed by atoms with E-state index in [0.29, 0.717) is 11.5 Å². The first-order valence-electron chi connectivity index (χ1n) is 12.1. The zero-order valence-electron chi connectivity index (χ0n) is 22.6. The summed E-state index contributed by atoms with van der Waals surface area (Å²) in [5.74, 6) is 2.96. The van der Waals surface area contributed by atoms with Crippen LogP contribution in [-0.2, 0) is 16.8 Å². The highest BCUT2D eigenvalue weighted by Gasteiger charge is 2.37. The Morgan fingerprint density at radius 3 is 2.00 bits per heavy atom. The maximum Gasteiger partial charge on any atom is 0.217 e. The largest absolute Gasteiger partial charge is 0.493 e. The van der Waals surface area contributed by atoms with Crippen molar-refractivity contribution in [3.8, 4) is 23.0 Å². The van der Waals surface area contributed by atoms with Crippen molar-refractivity contribution in [3.05, 3.63) is 47.5 Å². The van der Waals surface area contributed by atoms with Gasteiger partial charge in [-0.05, 0) is 74.2 Å². The lowest BCUT2D eigenvalue weighted by atomic mass is 9.76. The number of benzene rings is 2. The molecule has 0 aliphatic carbocycles. The van der Waals surface area contributed by atoms with Crippen molar-refractivity contribution in [1.82, 2.24) is 10.2 Å². The molecule has 0 spiro atoms. The van der Waals surface area contributed by atoms with Crippen molar-refractivity contribution in [2.75, 3.05) is 48.6 Å². The molecule has 2 rings (SSSR count). The molecule has 0 radical (unpaired) electrons. The quantitative estimate of drug-likeness (QED) is 0.419. The van der Waals surface area contributed by atoms with Gasteiger partial charge in [-0.2, -0.15) is 0 Å². The van der Waals surface area contributed by atoms with E-state index >= 15 is 0 Å². The van der Waals surface area contributed by atoms with Gasteiger partial charge >= 0.3 is 0 Å². The molecule has 1 amide bonds. The average Bonchev–Trinajstić information content (AvgIpc) is 2.85. The fourth-order valence-corrected chi connectivity index (χ4v) is 4.57. The number of ether oxygens (including phenoxy) is 4. The van der Waals surface area contributed by atoms with E-state index in [0.717, 1.165) is 49.4 Å². The van der Waals surface area contributed by atoms with Crippen LogP contribution < -0.4 is 24.3 Å². The van der Waals surface area contributed by atoms with Crippen molar-refractivity contribution in [2.45, 2.75) is 45.6 Å². The number of carbonyl (C=O) groups is 1. The molecule has 0 saturated heterocycles. The summed E-state index contributed by atoms with van der Waals surface area (Å²) in [5, 5.41) is 3.27. The number of nitrogens with one attached hydrogen (secondary N) is 1. The van der Waals surface area contributed by atoms with E-state index in [1.165, 1.54) is 5.56 Å². The summed E-state index contributed by atoms with van der Waals surface area (Å²) >= 11 is 0. The Hall–Kier alpha value is -2.93. The Bertz CT molecular complexity index is 962. The minimum absolute atomic E-state index is 0.0460. The number of nitrogens with zero attached hydrogens (tertiary/aromatic N) is 1. The van der Waals surface area contributed by atoms with E-state index < -0.39 is 5.54 Å². The number of hydrogen-bond donors (Lipinski definition) is 1.